The maximum atomic E-state index is 12.9. The van der Waals surface area contributed by atoms with E-state index in [1.165, 1.54) is 18.2 Å². The van der Waals surface area contributed by atoms with E-state index in [1.807, 2.05) is 0 Å². The van der Waals surface area contributed by atoms with Crippen LogP contribution < -0.4 is 4.74 Å². The van der Waals surface area contributed by atoms with E-state index in [-0.39, 0.29) is 5.69 Å². The van der Waals surface area contributed by atoms with Gasteiger partial charge in [0.05, 0.1) is 18.4 Å². The molecule has 21 heavy (non-hydrogen) atoms. The van der Waals surface area contributed by atoms with Gasteiger partial charge < -0.3 is 4.74 Å². The smallest absolute Gasteiger partial charge is 0.418 e. The SMILES string of the molecule is COc1ccc(C(C)=Nc2ccccc2C(F)(F)F)cc1. The van der Waals surface area contributed by atoms with Crippen LogP contribution in [-0.2, 0) is 6.18 Å². The van der Waals surface area contributed by atoms with E-state index in [0.29, 0.717) is 11.5 Å². The third kappa shape index (κ3) is 3.62. The number of aliphatic imine (C=N–C) groups is 1. The van der Waals surface area contributed by atoms with Gasteiger partial charge in [0.15, 0.2) is 0 Å². The van der Waals surface area contributed by atoms with Gasteiger partial charge in [0.25, 0.3) is 0 Å². The van der Waals surface area contributed by atoms with E-state index >= 15 is 0 Å². The number of methoxy groups -OCH3 is 1. The summed E-state index contributed by atoms with van der Waals surface area (Å²) in [6.45, 7) is 1.68. The molecule has 0 bridgehead atoms. The van der Waals surface area contributed by atoms with Crippen molar-refractivity contribution < 1.29 is 17.9 Å². The van der Waals surface area contributed by atoms with Crippen molar-refractivity contribution in [1.29, 1.82) is 0 Å². The molecule has 2 nitrogen and oxygen atoms in total. The third-order valence-electron chi connectivity index (χ3n) is 3.01. The second kappa shape index (κ2) is 5.99. The molecule has 110 valence electrons. The molecular weight excluding hydrogens is 279 g/mol. The number of ether oxygens (including phenoxy) is 1. The normalized spacial score (nSPS) is 12.3. The van der Waals surface area contributed by atoms with Crippen LogP contribution in [0.1, 0.15) is 18.1 Å². The van der Waals surface area contributed by atoms with Crippen LogP contribution >= 0.6 is 0 Å². The fraction of sp³-hybridized carbons (Fsp3) is 0.188. The van der Waals surface area contributed by atoms with Crippen LogP contribution in [0, 0.1) is 0 Å². The van der Waals surface area contributed by atoms with Gasteiger partial charge in [-0.1, -0.05) is 12.1 Å². The van der Waals surface area contributed by atoms with Gasteiger partial charge in [-0.05, 0) is 48.9 Å². The van der Waals surface area contributed by atoms with Gasteiger partial charge in [0.1, 0.15) is 5.75 Å². The van der Waals surface area contributed by atoms with E-state index in [4.69, 9.17) is 4.74 Å². The van der Waals surface area contributed by atoms with Crippen LogP contribution in [-0.4, -0.2) is 12.8 Å². The van der Waals surface area contributed by atoms with Gasteiger partial charge in [-0.25, -0.2) is 0 Å². The van der Waals surface area contributed by atoms with Crippen molar-refractivity contribution in [2.24, 2.45) is 4.99 Å². The Balaban J connectivity index is 2.39. The first-order valence-corrected chi connectivity index (χ1v) is 6.28. The van der Waals surface area contributed by atoms with Gasteiger partial charge in [-0.2, -0.15) is 13.2 Å². The molecule has 0 amide bonds. The van der Waals surface area contributed by atoms with E-state index < -0.39 is 11.7 Å². The molecule has 0 aliphatic carbocycles. The number of rotatable bonds is 3. The maximum Gasteiger partial charge on any atom is 0.418 e. The molecule has 0 aliphatic rings. The number of halogens is 3. The highest BCUT2D eigenvalue weighted by molar-refractivity contribution is 6.00. The lowest BCUT2D eigenvalue weighted by atomic mass is 10.1. The zero-order valence-electron chi connectivity index (χ0n) is 11.6. The topological polar surface area (TPSA) is 21.6 Å². The summed E-state index contributed by atoms with van der Waals surface area (Å²) in [6.07, 6.45) is -4.42. The fourth-order valence-electron chi connectivity index (χ4n) is 1.89. The summed E-state index contributed by atoms with van der Waals surface area (Å²) in [5, 5.41) is 0. The average molecular weight is 293 g/mol. The summed E-state index contributed by atoms with van der Waals surface area (Å²) < 4.78 is 43.8. The molecule has 0 N–H and O–H groups in total. The summed E-state index contributed by atoms with van der Waals surface area (Å²) in [7, 11) is 1.55. The fourth-order valence-corrected chi connectivity index (χ4v) is 1.89. The Morgan fingerprint density at radius 3 is 2.19 bits per heavy atom. The Morgan fingerprint density at radius 2 is 1.62 bits per heavy atom. The summed E-state index contributed by atoms with van der Waals surface area (Å²) in [5.74, 6) is 0.683. The largest absolute Gasteiger partial charge is 0.497 e. The molecule has 0 aromatic heterocycles. The van der Waals surface area contributed by atoms with Crippen molar-refractivity contribution in [2.45, 2.75) is 13.1 Å². The van der Waals surface area contributed by atoms with Crippen molar-refractivity contribution in [3.63, 3.8) is 0 Å². The monoisotopic (exact) mass is 293 g/mol. The highest BCUT2D eigenvalue weighted by atomic mass is 19.4. The molecule has 0 atom stereocenters. The number of hydrogen-bond donors (Lipinski definition) is 0. The first kappa shape index (κ1) is 15.1. The van der Waals surface area contributed by atoms with Crippen molar-refractivity contribution in [3.05, 3.63) is 59.7 Å². The molecule has 0 aliphatic heterocycles. The molecular formula is C16H14F3NO. The van der Waals surface area contributed by atoms with Gasteiger partial charge in [-0.15, -0.1) is 0 Å². The zero-order chi connectivity index (χ0) is 15.5. The first-order valence-electron chi connectivity index (χ1n) is 6.28. The third-order valence-corrected chi connectivity index (χ3v) is 3.01. The Hall–Kier alpha value is -2.30. The summed E-state index contributed by atoms with van der Waals surface area (Å²) in [4.78, 5) is 4.11. The molecule has 0 saturated carbocycles. The van der Waals surface area contributed by atoms with Crippen LogP contribution in [0.5, 0.6) is 5.75 Å². The number of hydrogen-bond acceptors (Lipinski definition) is 2. The molecule has 2 aromatic rings. The predicted molar refractivity (Wildman–Crippen MR) is 76.3 cm³/mol. The average Bonchev–Trinajstić information content (AvgIpc) is 2.47. The van der Waals surface area contributed by atoms with Crippen LogP contribution in [0.2, 0.25) is 0 Å². The van der Waals surface area contributed by atoms with Gasteiger partial charge in [0, 0.05) is 5.71 Å². The molecule has 0 fully saturated rings. The Kier molecular flexibility index (Phi) is 4.31. The molecule has 0 heterocycles. The number of nitrogens with zero attached hydrogens (tertiary/aromatic N) is 1. The van der Waals surface area contributed by atoms with E-state index in [2.05, 4.69) is 4.99 Å². The Labute approximate surface area is 120 Å². The minimum absolute atomic E-state index is 0.0849. The quantitative estimate of drug-likeness (QED) is 0.741. The van der Waals surface area contributed by atoms with Crippen LogP contribution in [0.15, 0.2) is 53.5 Å². The molecule has 2 aromatic carbocycles. The summed E-state index contributed by atoms with van der Waals surface area (Å²) in [6, 6.07) is 12.3. The second-order valence-electron chi connectivity index (χ2n) is 4.44. The number of alkyl halides is 3. The standard InChI is InChI=1S/C16H14F3NO/c1-11(12-7-9-13(21-2)10-8-12)20-15-6-4-3-5-14(15)16(17,18)19/h3-10H,1-2H3. The lowest BCUT2D eigenvalue weighted by molar-refractivity contribution is -0.137. The van der Waals surface area contributed by atoms with Gasteiger partial charge in [0.2, 0.25) is 0 Å². The van der Waals surface area contributed by atoms with Gasteiger partial charge >= 0.3 is 6.18 Å². The van der Waals surface area contributed by atoms with Crippen LogP contribution in [0.4, 0.5) is 18.9 Å². The minimum Gasteiger partial charge on any atom is -0.497 e. The molecule has 2 rings (SSSR count). The van der Waals surface area contributed by atoms with Gasteiger partial charge in [-0.3, -0.25) is 4.99 Å². The van der Waals surface area contributed by atoms with E-state index in [1.54, 1.807) is 38.3 Å². The maximum absolute atomic E-state index is 12.9. The van der Waals surface area contributed by atoms with Crippen molar-refractivity contribution >= 4 is 11.4 Å². The lowest BCUT2D eigenvalue weighted by Crippen LogP contribution is -2.05. The summed E-state index contributed by atoms with van der Waals surface area (Å²) in [5.41, 5.74) is 0.429. The van der Waals surface area contributed by atoms with E-state index in [9.17, 15) is 13.2 Å². The van der Waals surface area contributed by atoms with Crippen molar-refractivity contribution in [3.8, 4) is 5.75 Å². The number of benzene rings is 2. The first-order chi connectivity index (χ1) is 9.91. The van der Waals surface area contributed by atoms with Crippen LogP contribution in [0.25, 0.3) is 0 Å². The number of para-hydroxylation sites is 1. The van der Waals surface area contributed by atoms with Crippen molar-refractivity contribution in [2.75, 3.05) is 7.11 Å². The molecule has 0 spiro atoms. The summed E-state index contributed by atoms with van der Waals surface area (Å²) >= 11 is 0. The molecule has 0 unspecified atom stereocenters. The zero-order valence-corrected chi connectivity index (χ0v) is 11.6. The predicted octanol–water partition coefficient (Wildman–Crippen LogP) is 4.85. The highest BCUT2D eigenvalue weighted by Gasteiger charge is 2.33. The molecule has 0 radical (unpaired) electrons. The van der Waals surface area contributed by atoms with Crippen molar-refractivity contribution in [1.82, 2.24) is 0 Å². The Morgan fingerprint density at radius 1 is 1.00 bits per heavy atom. The Bertz CT molecular complexity index is 645. The highest BCUT2D eigenvalue weighted by Crippen LogP contribution is 2.36. The minimum atomic E-state index is -4.42. The molecule has 5 heteroatoms. The second-order valence-corrected chi connectivity index (χ2v) is 4.44. The van der Waals surface area contributed by atoms with Crippen LogP contribution in [0.3, 0.4) is 0 Å². The van der Waals surface area contributed by atoms with E-state index in [0.717, 1.165) is 11.6 Å². The molecule has 0 saturated heterocycles. The lowest BCUT2D eigenvalue weighted by Gasteiger charge is -2.10.